The number of hydrogen-bond donors (Lipinski definition) is 1. The molecular weight excluding hydrogens is 276 g/mol. The molecule has 3 rings (SSSR count). The van der Waals surface area contributed by atoms with Crippen LogP contribution in [0.2, 0.25) is 0 Å². The fourth-order valence-corrected chi connectivity index (χ4v) is 3.86. The van der Waals surface area contributed by atoms with Gasteiger partial charge in [-0.15, -0.1) is 23.1 Å². The molecule has 0 amide bonds. The van der Waals surface area contributed by atoms with Gasteiger partial charge in [-0.05, 0) is 30.0 Å². The first-order chi connectivity index (χ1) is 9.34. The predicted octanol–water partition coefficient (Wildman–Crippen LogP) is 3.57. The normalized spacial score (nSPS) is 11.2. The first-order valence-electron chi connectivity index (χ1n) is 6.18. The number of thiophene rings is 1. The minimum absolute atomic E-state index is 0.0117. The molecule has 0 atom stereocenters. The molecule has 0 aliphatic heterocycles. The highest BCUT2D eigenvalue weighted by Crippen LogP contribution is 2.24. The number of aromatic nitrogens is 2. The Morgan fingerprint density at radius 3 is 2.95 bits per heavy atom. The van der Waals surface area contributed by atoms with E-state index in [4.69, 9.17) is 0 Å². The molecule has 2 heterocycles. The largest absolute Gasteiger partial charge is 0.326 e. The molecule has 0 bridgehead atoms. The highest BCUT2D eigenvalue weighted by Gasteiger charge is 2.05. The van der Waals surface area contributed by atoms with Crippen molar-refractivity contribution in [3.63, 3.8) is 0 Å². The Morgan fingerprint density at radius 1 is 1.21 bits per heavy atom. The first-order valence-corrected chi connectivity index (χ1v) is 8.05. The molecule has 3 aromatic rings. The summed E-state index contributed by atoms with van der Waals surface area (Å²) < 4.78 is 3.16. The summed E-state index contributed by atoms with van der Waals surface area (Å²) in [7, 11) is 0. The van der Waals surface area contributed by atoms with E-state index in [-0.39, 0.29) is 5.69 Å². The summed E-state index contributed by atoms with van der Waals surface area (Å²) in [4.78, 5) is 14.7. The van der Waals surface area contributed by atoms with Crippen LogP contribution < -0.4 is 5.69 Å². The maximum atomic E-state index is 11.9. The molecule has 0 fully saturated rings. The number of hydrogen-bond acceptors (Lipinski definition) is 3. The molecule has 0 saturated carbocycles. The molecule has 5 heteroatoms. The number of rotatable bonds is 5. The molecular formula is C14H14N2OS2. The number of nitrogens with zero attached hydrogens (tertiary/aromatic N) is 1. The van der Waals surface area contributed by atoms with Crippen molar-refractivity contribution >= 4 is 34.1 Å². The van der Waals surface area contributed by atoms with E-state index in [9.17, 15) is 4.79 Å². The van der Waals surface area contributed by atoms with Gasteiger partial charge in [-0.3, -0.25) is 4.57 Å². The third kappa shape index (κ3) is 2.77. The van der Waals surface area contributed by atoms with Gasteiger partial charge >= 0.3 is 5.69 Å². The van der Waals surface area contributed by atoms with Crippen LogP contribution in [0.5, 0.6) is 0 Å². The Labute approximate surface area is 119 Å². The molecule has 19 heavy (non-hydrogen) atoms. The average Bonchev–Trinajstić information content (AvgIpc) is 3.02. The molecule has 1 aromatic carbocycles. The third-order valence-electron chi connectivity index (χ3n) is 2.95. The molecule has 0 aliphatic rings. The van der Waals surface area contributed by atoms with Crippen molar-refractivity contribution in [2.75, 3.05) is 5.75 Å². The van der Waals surface area contributed by atoms with Crippen LogP contribution in [0.3, 0.4) is 0 Å². The van der Waals surface area contributed by atoms with Crippen molar-refractivity contribution in [3.05, 3.63) is 52.3 Å². The van der Waals surface area contributed by atoms with E-state index in [0.29, 0.717) is 0 Å². The van der Waals surface area contributed by atoms with Gasteiger partial charge in [-0.25, -0.2) is 4.79 Å². The Balaban J connectivity index is 1.65. The number of nitrogens with one attached hydrogen (secondary N) is 1. The molecule has 0 aliphatic carbocycles. The molecule has 98 valence electrons. The van der Waals surface area contributed by atoms with Gasteiger partial charge in [0.15, 0.2) is 0 Å². The SMILES string of the molecule is O=c1[nH]c2ccccc2n1CCCSc1cccs1. The van der Waals surface area contributed by atoms with Gasteiger partial charge in [-0.1, -0.05) is 18.2 Å². The summed E-state index contributed by atoms with van der Waals surface area (Å²) in [6.45, 7) is 0.765. The van der Waals surface area contributed by atoms with Crippen LogP contribution in [-0.2, 0) is 6.54 Å². The van der Waals surface area contributed by atoms with Crippen molar-refractivity contribution in [1.29, 1.82) is 0 Å². The number of para-hydroxylation sites is 2. The van der Waals surface area contributed by atoms with Gasteiger partial charge in [0.25, 0.3) is 0 Å². The second kappa shape index (κ2) is 5.67. The van der Waals surface area contributed by atoms with E-state index >= 15 is 0 Å². The van der Waals surface area contributed by atoms with Crippen LogP contribution in [0.1, 0.15) is 6.42 Å². The van der Waals surface area contributed by atoms with E-state index in [0.717, 1.165) is 29.8 Å². The van der Waals surface area contributed by atoms with Gasteiger partial charge in [0.1, 0.15) is 0 Å². The molecule has 1 N–H and O–H groups in total. The van der Waals surface area contributed by atoms with Crippen LogP contribution in [0.15, 0.2) is 50.8 Å². The first kappa shape index (κ1) is 12.6. The lowest BCUT2D eigenvalue weighted by Gasteiger charge is -2.02. The smallest absolute Gasteiger partial charge is 0.306 e. The van der Waals surface area contributed by atoms with E-state index < -0.39 is 0 Å². The average molecular weight is 290 g/mol. The number of thioether (sulfide) groups is 1. The number of imidazole rings is 1. The van der Waals surface area contributed by atoms with Crippen molar-refractivity contribution in [2.24, 2.45) is 0 Å². The molecule has 0 radical (unpaired) electrons. The summed E-state index contributed by atoms with van der Waals surface area (Å²) >= 11 is 3.62. The monoisotopic (exact) mass is 290 g/mol. The van der Waals surface area contributed by atoms with E-state index in [1.54, 1.807) is 11.3 Å². The third-order valence-corrected chi connectivity index (χ3v) is 5.16. The van der Waals surface area contributed by atoms with Crippen LogP contribution in [0.4, 0.5) is 0 Å². The fourth-order valence-electron chi connectivity index (χ4n) is 2.07. The minimum atomic E-state index is -0.0117. The van der Waals surface area contributed by atoms with Gasteiger partial charge in [0, 0.05) is 12.3 Å². The lowest BCUT2D eigenvalue weighted by molar-refractivity contribution is 0.679. The maximum Gasteiger partial charge on any atom is 0.326 e. The summed E-state index contributed by atoms with van der Waals surface area (Å²) in [6, 6.07) is 12.0. The maximum absolute atomic E-state index is 11.9. The molecule has 3 nitrogen and oxygen atoms in total. The van der Waals surface area contributed by atoms with Crippen LogP contribution >= 0.6 is 23.1 Å². The standard InChI is InChI=1S/C14H14N2OS2/c17-14-15-11-5-1-2-6-12(11)16(14)8-4-10-19-13-7-3-9-18-13/h1-3,5-7,9H,4,8,10H2,(H,15,17). The fraction of sp³-hybridized carbons (Fsp3) is 0.214. The van der Waals surface area contributed by atoms with E-state index in [2.05, 4.69) is 22.5 Å². The van der Waals surface area contributed by atoms with Crippen LogP contribution in [-0.4, -0.2) is 15.3 Å². The summed E-state index contributed by atoms with van der Waals surface area (Å²) in [5, 5.41) is 2.09. The second-order valence-corrected chi connectivity index (χ2v) is 6.58. The van der Waals surface area contributed by atoms with Crippen LogP contribution in [0, 0.1) is 0 Å². The van der Waals surface area contributed by atoms with Gasteiger partial charge in [0.05, 0.1) is 15.2 Å². The number of fused-ring (bicyclic) bond motifs is 1. The molecule has 0 unspecified atom stereocenters. The minimum Gasteiger partial charge on any atom is -0.306 e. The Hall–Kier alpha value is -1.46. The number of aromatic amines is 1. The number of aryl methyl sites for hydroxylation is 1. The van der Waals surface area contributed by atoms with Crippen molar-refractivity contribution < 1.29 is 0 Å². The topological polar surface area (TPSA) is 37.8 Å². The molecule has 2 aromatic heterocycles. The van der Waals surface area contributed by atoms with E-state index in [1.807, 2.05) is 40.6 Å². The van der Waals surface area contributed by atoms with Crippen LogP contribution in [0.25, 0.3) is 11.0 Å². The Bertz CT molecular complexity index is 712. The van der Waals surface area contributed by atoms with Gasteiger partial charge in [0.2, 0.25) is 0 Å². The van der Waals surface area contributed by atoms with Gasteiger partial charge < -0.3 is 4.98 Å². The summed E-state index contributed by atoms with van der Waals surface area (Å²) in [6.07, 6.45) is 0.990. The predicted molar refractivity (Wildman–Crippen MR) is 82.2 cm³/mol. The summed E-state index contributed by atoms with van der Waals surface area (Å²) in [5.41, 5.74) is 1.90. The van der Waals surface area contributed by atoms with Crippen molar-refractivity contribution in [1.82, 2.24) is 9.55 Å². The Kier molecular flexibility index (Phi) is 3.75. The van der Waals surface area contributed by atoms with Gasteiger partial charge in [-0.2, -0.15) is 0 Å². The highest BCUT2D eigenvalue weighted by molar-refractivity contribution is 8.01. The zero-order valence-electron chi connectivity index (χ0n) is 10.3. The zero-order valence-corrected chi connectivity index (χ0v) is 12.0. The highest BCUT2D eigenvalue weighted by atomic mass is 32.2. The van der Waals surface area contributed by atoms with Crippen molar-refractivity contribution in [2.45, 2.75) is 17.2 Å². The number of H-pyrrole nitrogens is 1. The summed E-state index contributed by atoms with van der Waals surface area (Å²) in [5.74, 6) is 1.03. The van der Waals surface area contributed by atoms with Crippen molar-refractivity contribution in [3.8, 4) is 0 Å². The zero-order chi connectivity index (χ0) is 13.1. The molecule has 0 saturated heterocycles. The Morgan fingerprint density at radius 2 is 2.11 bits per heavy atom. The second-order valence-electron chi connectivity index (χ2n) is 4.23. The quantitative estimate of drug-likeness (QED) is 0.576. The molecule has 0 spiro atoms. The lowest BCUT2D eigenvalue weighted by Crippen LogP contribution is -2.17. The number of benzene rings is 1. The lowest BCUT2D eigenvalue weighted by atomic mass is 10.3. The van der Waals surface area contributed by atoms with E-state index in [1.165, 1.54) is 4.21 Å².